The van der Waals surface area contributed by atoms with Crippen LogP contribution in [0.1, 0.15) is 11.1 Å². The Morgan fingerprint density at radius 3 is 2.07 bits per heavy atom. The number of piperazine rings is 1. The molecule has 0 spiro atoms. The number of carbonyl (C=O) groups is 1. The number of H-pyrrole nitrogens is 2. The Balaban J connectivity index is 1.15. The highest BCUT2D eigenvalue weighted by molar-refractivity contribution is 5.89. The van der Waals surface area contributed by atoms with E-state index in [-0.39, 0.29) is 5.91 Å². The van der Waals surface area contributed by atoms with Gasteiger partial charge in [-0.3, -0.25) is 9.69 Å². The van der Waals surface area contributed by atoms with Crippen molar-refractivity contribution in [1.29, 1.82) is 0 Å². The van der Waals surface area contributed by atoms with Gasteiger partial charge in [0, 0.05) is 66.9 Å². The zero-order valence-electron chi connectivity index (χ0n) is 16.5. The fourth-order valence-electron chi connectivity index (χ4n) is 4.39. The molecule has 2 N–H and O–H groups in total. The van der Waals surface area contributed by atoms with E-state index in [0.29, 0.717) is 6.42 Å². The van der Waals surface area contributed by atoms with Gasteiger partial charge in [-0.05, 0) is 29.7 Å². The molecule has 1 amide bonds. The molecule has 1 saturated heterocycles. The van der Waals surface area contributed by atoms with Gasteiger partial charge in [-0.2, -0.15) is 0 Å². The summed E-state index contributed by atoms with van der Waals surface area (Å²) in [4.78, 5) is 23.9. The molecule has 0 radical (unpaired) electrons. The van der Waals surface area contributed by atoms with E-state index < -0.39 is 0 Å². The minimum atomic E-state index is 0.228. The van der Waals surface area contributed by atoms with E-state index in [1.807, 2.05) is 23.2 Å². The molecule has 3 heterocycles. The van der Waals surface area contributed by atoms with Crippen LogP contribution in [0.2, 0.25) is 0 Å². The number of nitrogens with zero attached hydrogens (tertiary/aromatic N) is 2. The fourth-order valence-corrected chi connectivity index (χ4v) is 4.39. The number of hydrogen-bond donors (Lipinski definition) is 2. The van der Waals surface area contributed by atoms with Crippen LogP contribution in [-0.2, 0) is 17.6 Å². The largest absolute Gasteiger partial charge is 0.361 e. The van der Waals surface area contributed by atoms with Crippen LogP contribution in [0.3, 0.4) is 0 Å². The van der Waals surface area contributed by atoms with Crippen LogP contribution in [0.4, 0.5) is 0 Å². The molecular formula is C24H26N4O. The van der Waals surface area contributed by atoms with Gasteiger partial charge in [0.05, 0.1) is 6.42 Å². The van der Waals surface area contributed by atoms with E-state index in [2.05, 4.69) is 57.5 Å². The van der Waals surface area contributed by atoms with Crippen LogP contribution in [0, 0.1) is 0 Å². The lowest BCUT2D eigenvalue weighted by Gasteiger charge is -2.34. The van der Waals surface area contributed by atoms with Crippen molar-refractivity contribution in [1.82, 2.24) is 19.8 Å². The third-order valence-electron chi connectivity index (χ3n) is 6.11. The van der Waals surface area contributed by atoms with Crippen LogP contribution >= 0.6 is 0 Å². The van der Waals surface area contributed by atoms with Crippen molar-refractivity contribution in [2.45, 2.75) is 12.8 Å². The van der Waals surface area contributed by atoms with Crippen LogP contribution in [0.15, 0.2) is 60.9 Å². The molecule has 1 aliphatic rings. The number of aromatic nitrogens is 2. The quantitative estimate of drug-likeness (QED) is 0.551. The Morgan fingerprint density at radius 1 is 0.793 bits per heavy atom. The first-order valence-corrected chi connectivity index (χ1v) is 10.4. The number of rotatable bonds is 5. The third-order valence-corrected chi connectivity index (χ3v) is 6.11. The average Bonchev–Trinajstić information content (AvgIpc) is 3.37. The number of fused-ring (bicyclic) bond motifs is 2. The second-order valence-electron chi connectivity index (χ2n) is 7.87. The van der Waals surface area contributed by atoms with Gasteiger partial charge >= 0.3 is 0 Å². The zero-order valence-corrected chi connectivity index (χ0v) is 16.5. The van der Waals surface area contributed by atoms with E-state index in [4.69, 9.17) is 0 Å². The predicted octanol–water partition coefficient (Wildman–Crippen LogP) is 3.58. The summed E-state index contributed by atoms with van der Waals surface area (Å²) in [7, 11) is 0. The second kappa shape index (κ2) is 7.76. The Bertz CT molecular complexity index is 1130. The number of amides is 1. The van der Waals surface area contributed by atoms with E-state index in [0.717, 1.165) is 55.6 Å². The molecule has 0 saturated carbocycles. The summed E-state index contributed by atoms with van der Waals surface area (Å²) in [6, 6.07) is 16.6. The maximum Gasteiger partial charge on any atom is 0.227 e. The summed E-state index contributed by atoms with van der Waals surface area (Å²) in [6.45, 7) is 4.56. The average molecular weight is 386 g/mol. The first-order valence-electron chi connectivity index (χ1n) is 10.4. The van der Waals surface area contributed by atoms with Crippen molar-refractivity contribution < 1.29 is 4.79 Å². The summed E-state index contributed by atoms with van der Waals surface area (Å²) in [5.41, 5.74) is 4.76. The van der Waals surface area contributed by atoms with Crippen molar-refractivity contribution in [2.75, 3.05) is 32.7 Å². The number of hydrogen-bond acceptors (Lipinski definition) is 2. The molecule has 2 aromatic heterocycles. The van der Waals surface area contributed by atoms with Crippen molar-refractivity contribution in [3.8, 4) is 0 Å². The maximum atomic E-state index is 12.8. The van der Waals surface area contributed by atoms with Crippen molar-refractivity contribution >= 4 is 27.7 Å². The number of carbonyl (C=O) groups excluding carboxylic acids is 1. The summed E-state index contributed by atoms with van der Waals surface area (Å²) in [5, 5.41) is 2.47. The number of nitrogens with one attached hydrogen (secondary N) is 2. The van der Waals surface area contributed by atoms with E-state index in [9.17, 15) is 4.79 Å². The fraction of sp³-hybridized carbons (Fsp3) is 0.292. The smallest absolute Gasteiger partial charge is 0.227 e. The van der Waals surface area contributed by atoms with E-state index >= 15 is 0 Å². The van der Waals surface area contributed by atoms with Crippen molar-refractivity contribution in [2.24, 2.45) is 0 Å². The van der Waals surface area contributed by atoms with Gasteiger partial charge in [0.2, 0.25) is 5.91 Å². The SMILES string of the molecule is O=C(Cc1c[nH]c2ccccc12)N1CCN(CCc2c[nH]c3ccccc23)CC1. The Kier molecular flexibility index (Phi) is 4.82. The molecule has 29 heavy (non-hydrogen) atoms. The molecule has 0 aliphatic carbocycles. The predicted molar refractivity (Wildman–Crippen MR) is 117 cm³/mol. The van der Waals surface area contributed by atoms with E-state index in [1.54, 1.807) is 0 Å². The lowest BCUT2D eigenvalue weighted by Crippen LogP contribution is -2.49. The van der Waals surface area contributed by atoms with Crippen molar-refractivity contribution in [3.63, 3.8) is 0 Å². The highest BCUT2D eigenvalue weighted by Crippen LogP contribution is 2.20. The van der Waals surface area contributed by atoms with Gasteiger partial charge in [-0.25, -0.2) is 0 Å². The van der Waals surface area contributed by atoms with Gasteiger partial charge in [0.1, 0.15) is 0 Å². The molecule has 0 atom stereocenters. The van der Waals surface area contributed by atoms with Gasteiger partial charge in [-0.1, -0.05) is 36.4 Å². The molecular weight excluding hydrogens is 360 g/mol. The van der Waals surface area contributed by atoms with Crippen molar-refractivity contribution in [3.05, 3.63) is 72.1 Å². The lowest BCUT2D eigenvalue weighted by atomic mass is 10.1. The highest BCUT2D eigenvalue weighted by atomic mass is 16.2. The van der Waals surface area contributed by atoms with Gasteiger partial charge in [0.15, 0.2) is 0 Å². The molecule has 5 heteroatoms. The molecule has 1 fully saturated rings. The monoisotopic (exact) mass is 386 g/mol. The number of benzene rings is 2. The first-order chi connectivity index (χ1) is 14.3. The summed E-state index contributed by atoms with van der Waals surface area (Å²) < 4.78 is 0. The first kappa shape index (κ1) is 18.0. The standard InChI is InChI=1S/C24H26N4O/c29-24(15-19-17-26-23-8-4-2-6-21(19)23)28-13-11-27(12-14-28)10-9-18-16-25-22-7-3-1-5-20(18)22/h1-8,16-17,25-26H,9-15H2. The Hall–Kier alpha value is -3.05. The third kappa shape index (κ3) is 3.66. The molecule has 0 unspecified atom stereocenters. The molecule has 5 rings (SSSR count). The minimum absolute atomic E-state index is 0.228. The van der Waals surface area contributed by atoms with Crippen LogP contribution in [0.5, 0.6) is 0 Å². The molecule has 5 nitrogen and oxygen atoms in total. The summed E-state index contributed by atoms with van der Waals surface area (Å²) in [5.74, 6) is 0.228. The molecule has 4 aromatic rings. The van der Waals surface area contributed by atoms with E-state index in [1.165, 1.54) is 16.5 Å². The highest BCUT2D eigenvalue weighted by Gasteiger charge is 2.22. The second-order valence-corrected chi connectivity index (χ2v) is 7.87. The molecule has 1 aliphatic heterocycles. The van der Waals surface area contributed by atoms with Gasteiger partial charge in [0.25, 0.3) is 0 Å². The summed E-state index contributed by atoms with van der Waals surface area (Å²) >= 11 is 0. The lowest BCUT2D eigenvalue weighted by molar-refractivity contribution is -0.132. The van der Waals surface area contributed by atoms with Crippen LogP contribution in [0.25, 0.3) is 21.8 Å². The van der Waals surface area contributed by atoms with Gasteiger partial charge in [-0.15, -0.1) is 0 Å². The topological polar surface area (TPSA) is 55.1 Å². The Morgan fingerprint density at radius 2 is 1.38 bits per heavy atom. The minimum Gasteiger partial charge on any atom is -0.361 e. The number of aromatic amines is 2. The molecule has 2 aromatic carbocycles. The van der Waals surface area contributed by atoms with Gasteiger partial charge < -0.3 is 14.9 Å². The Labute approximate surface area is 170 Å². The summed E-state index contributed by atoms with van der Waals surface area (Å²) in [6.07, 6.45) is 5.61. The number of para-hydroxylation sites is 2. The van der Waals surface area contributed by atoms with Crippen LogP contribution in [-0.4, -0.2) is 58.4 Å². The zero-order chi connectivity index (χ0) is 19.6. The molecule has 0 bridgehead atoms. The molecule has 148 valence electrons. The maximum absolute atomic E-state index is 12.8. The van der Waals surface area contributed by atoms with Crippen LogP contribution < -0.4 is 0 Å². The normalized spacial score (nSPS) is 15.4.